The molecule has 108 valence electrons. The SMILES string of the molecule is C[C@@H](O)Cc1cccc(CO[Si](C)(C)C(C)(C)C)c1. The molecule has 1 aromatic carbocycles. The lowest BCUT2D eigenvalue weighted by atomic mass is 10.1. The fraction of sp³-hybridized carbons (Fsp3) is 0.625. The van der Waals surface area contributed by atoms with E-state index in [4.69, 9.17) is 4.43 Å². The zero-order valence-corrected chi connectivity index (χ0v) is 14.2. The number of rotatable bonds is 5. The predicted octanol–water partition coefficient (Wildman–Crippen LogP) is 4.13. The molecule has 19 heavy (non-hydrogen) atoms. The molecule has 0 radical (unpaired) electrons. The van der Waals surface area contributed by atoms with Gasteiger partial charge in [-0.05, 0) is 42.6 Å². The largest absolute Gasteiger partial charge is 0.413 e. The third-order valence-corrected chi connectivity index (χ3v) is 8.41. The number of aliphatic hydroxyl groups is 1. The highest BCUT2D eigenvalue weighted by Crippen LogP contribution is 2.37. The first kappa shape index (κ1) is 16.4. The van der Waals surface area contributed by atoms with Gasteiger partial charge in [0.15, 0.2) is 8.32 Å². The second kappa shape index (κ2) is 6.20. The Hall–Kier alpha value is -0.643. The van der Waals surface area contributed by atoms with Crippen molar-refractivity contribution >= 4 is 8.32 Å². The van der Waals surface area contributed by atoms with E-state index in [9.17, 15) is 5.11 Å². The van der Waals surface area contributed by atoms with E-state index in [2.05, 4.69) is 52.1 Å². The van der Waals surface area contributed by atoms with Crippen molar-refractivity contribution in [3.8, 4) is 0 Å². The Kier molecular flexibility index (Phi) is 5.36. The lowest BCUT2D eigenvalue weighted by Gasteiger charge is -2.36. The highest BCUT2D eigenvalue weighted by molar-refractivity contribution is 6.74. The molecular weight excluding hydrogens is 252 g/mol. The first-order valence-corrected chi connectivity index (χ1v) is 9.92. The molecule has 2 nitrogen and oxygen atoms in total. The van der Waals surface area contributed by atoms with Crippen LogP contribution in [0.15, 0.2) is 24.3 Å². The first-order valence-electron chi connectivity index (χ1n) is 7.02. The number of aliphatic hydroxyl groups excluding tert-OH is 1. The summed E-state index contributed by atoms with van der Waals surface area (Å²) >= 11 is 0. The second-order valence-electron chi connectivity index (χ2n) is 6.92. The molecule has 0 aliphatic rings. The van der Waals surface area contributed by atoms with Crippen LogP contribution in [0.2, 0.25) is 18.1 Å². The summed E-state index contributed by atoms with van der Waals surface area (Å²) in [6.45, 7) is 13.8. The van der Waals surface area contributed by atoms with E-state index in [-0.39, 0.29) is 11.1 Å². The van der Waals surface area contributed by atoms with Crippen molar-refractivity contribution in [1.82, 2.24) is 0 Å². The van der Waals surface area contributed by atoms with E-state index in [0.29, 0.717) is 13.0 Å². The standard InChI is InChI=1S/C16H28O2Si/c1-13(17)10-14-8-7-9-15(11-14)12-18-19(5,6)16(2,3)4/h7-9,11,13,17H,10,12H2,1-6H3/t13-/m1/s1. The van der Waals surface area contributed by atoms with Crippen LogP contribution in [0.25, 0.3) is 0 Å². The average Bonchev–Trinajstić information content (AvgIpc) is 2.24. The Morgan fingerprint density at radius 2 is 1.79 bits per heavy atom. The van der Waals surface area contributed by atoms with Crippen LogP contribution in [0.5, 0.6) is 0 Å². The molecule has 0 amide bonds. The smallest absolute Gasteiger partial charge is 0.192 e. The fourth-order valence-corrected chi connectivity index (χ4v) is 2.63. The minimum Gasteiger partial charge on any atom is -0.413 e. The topological polar surface area (TPSA) is 29.5 Å². The van der Waals surface area contributed by atoms with Gasteiger partial charge in [0.05, 0.1) is 12.7 Å². The van der Waals surface area contributed by atoms with Gasteiger partial charge >= 0.3 is 0 Å². The highest BCUT2D eigenvalue weighted by Gasteiger charge is 2.36. The summed E-state index contributed by atoms with van der Waals surface area (Å²) in [4.78, 5) is 0. The van der Waals surface area contributed by atoms with Gasteiger partial charge in [-0.2, -0.15) is 0 Å². The summed E-state index contributed by atoms with van der Waals surface area (Å²) in [5.74, 6) is 0. The van der Waals surface area contributed by atoms with Gasteiger partial charge in [0.1, 0.15) is 0 Å². The number of hydrogen-bond donors (Lipinski definition) is 1. The van der Waals surface area contributed by atoms with Gasteiger partial charge in [0, 0.05) is 0 Å². The van der Waals surface area contributed by atoms with Gasteiger partial charge in [0.2, 0.25) is 0 Å². The Labute approximate surface area is 118 Å². The summed E-state index contributed by atoms with van der Waals surface area (Å²) in [7, 11) is -1.69. The molecule has 1 atom stereocenters. The minimum absolute atomic E-state index is 0.240. The van der Waals surface area contributed by atoms with Crippen LogP contribution in [-0.2, 0) is 17.5 Å². The third kappa shape index (κ3) is 5.09. The molecule has 0 spiro atoms. The second-order valence-corrected chi connectivity index (χ2v) is 11.7. The quantitative estimate of drug-likeness (QED) is 0.822. The van der Waals surface area contributed by atoms with Crippen LogP contribution < -0.4 is 0 Å². The van der Waals surface area contributed by atoms with E-state index >= 15 is 0 Å². The van der Waals surface area contributed by atoms with Crippen molar-refractivity contribution in [2.45, 2.75) is 65.0 Å². The van der Waals surface area contributed by atoms with E-state index in [1.54, 1.807) is 0 Å². The molecule has 1 aromatic rings. The van der Waals surface area contributed by atoms with Crippen molar-refractivity contribution in [2.75, 3.05) is 0 Å². The molecule has 0 bridgehead atoms. The summed E-state index contributed by atoms with van der Waals surface area (Å²) < 4.78 is 6.22. The zero-order chi connectivity index (χ0) is 14.7. The lowest BCUT2D eigenvalue weighted by molar-refractivity contribution is 0.195. The highest BCUT2D eigenvalue weighted by atomic mass is 28.4. The normalized spacial score (nSPS) is 14.5. The van der Waals surface area contributed by atoms with Crippen molar-refractivity contribution in [2.24, 2.45) is 0 Å². The van der Waals surface area contributed by atoms with Crippen molar-refractivity contribution in [3.63, 3.8) is 0 Å². The van der Waals surface area contributed by atoms with Crippen molar-refractivity contribution in [1.29, 1.82) is 0 Å². The van der Waals surface area contributed by atoms with Gasteiger partial charge in [-0.3, -0.25) is 0 Å². The maximum Gasteiger partial charge on any atom is 0.192 e. The Balaban J connectivity index is 2.68. The molecule has 0 saturated carbocycles. The molecule has 0 aliphatic heterocycles. The summed E-state index contributed by atoms with van der Waals surface area (Å²) in [5, 5.41) is 9.68. The fourth-order valence-electron chi connectivity index (χ4n) is 1.67. The van der Waals surface area contributed by atoms with Gasteiger partial charge in [-0.15, -0.1) is 0 Å². The van der Waals surface area contributed by atoms with Crippen LogP contribution in [0, 0.1) is 0 Å². The molecule has 0 heterocycles. The first-order chi connectivity index (χ1) is 8.62. The van der Waals surface area contributed by atoms with Crippen LogP contribution >= 0.6 is 0 Å². The maximum atomic E-state index is 9.44. The third-order valence-electron chi connectivity index (χ3n) is 3.93. The summed E-state index contributed by atoms with van der Waals surface area (Å²) in [6, 6.07) is 8.34. The lowest BCUT2D eigenvalue weighted by Crippen LogP contribution is -2.40. The van der Waals surface area contributed by atoms with Crippen LogP contribution in [0.1, 0.15) is 38.8 Å². The molecule has 0 saturated heterocycles. The van der Waals surface area contributed by atoms with Crippen molar-refractivity contribution in [3.05, 3.63) is 35.4 Å². The van der Waals surface area contributed by atoms with E-state index in [0.717, 1.165) is 0 Å². The van der Waals surface area contributed by atoms with Gasteiger partial charge in [-0.25, -0.2) is 0 Å². The van der Waals surface area contributed by atoms with E-state index in [1.165, 1.54) is 11.1 Å². The van der Waals surface area contributed by atoms with Crippen LogP contribution in [0.3, 0.4) is 0 Å². The molecule has 1 rings (SSSR count). The monoisotopic (exact) mass is 280 g/mol. The molecule has 3 heteroatoms. The Bertz CT molecular complexity index is 405. The minimum atomic E-state index is -1.69. The Morgan fingerprint density at radius 3 is 2.32 bits per heavy atom. The number of benzene rings is 1. The van der Waals surface area contributed by atoms with Crippen LogP contribution in [0.4, 0.5) is 0 Å². The van der Waals surface area contributed by atoms with Crippen molar-refractivity contribution < 1.29 is 9.53 Å². The predicted molar refractivity (Wildman–Crippen MR) is 83.8 cm³/mol. The molecule has 0 fully saturated rings. The van der Waals surface area contributed by atoms with E-state index < -0.39 is 8.32 Å². The molecule has 0 aromatic heterocycles. The van der Waals surface area contributed by atoms with Gasteiger partial charge < -0.3 is 9.53 Å². The number of hydrogen-bond acceptors (Lipinski definition) is 2. The molecule has 0 aliphatic carbocycles. The van der Waals surface area contributed by atoms with E-state index in [1.807, 2.05) is 13.0 Å². The Morgan fingerprint density at radius 1 is 1.21 bits per heavy atom. The maximum absolute atomic E-state index is 9.44. The average molecular weight is 280 g/mol. The summed E-state index contributed by atoms with van der Waals surface area (Å²) in [6.07, 6.45) is 0.407. The van der Waals surface area contributed by atoms with Crippen LogP contribution in [-0.4, -0.2) is 19.5 Å². The van der Waals surface area contributed by atoms with Gasteiger partial charge in [0.25, 0.3) is 0 Å². The summed E-state index contributed by atoms with van der Waals surface area (Å²) in [5.41, 5.74) is 2.37. The zero-order valence-electron chi connectivity index (χ0n) is 13.2. The van der Waals surface area contributed by atoms with Gasteiger partial charge in [-0.1, -0.05) is 45.0 Å². The molecule has 1 N–H and O–H groups in total. The molecular formula is C16H28O2Si. The molecule has 0 unspecified atom stereocenters.